The number of amides is 1. The fourth-order valence-electron chi connectivity index (χ4n) is 2.78. The fourth-order valence-corrected chi connectivity index (χ4v) is 2.78. The summed E-state index contributed by atoms with van der Waals surface area (Å²) in [4.78, 5) is 25.7. The molecule has 0 spiro atoms. The van der Waals surface area contributed by atoms with Crippen LogP contribution in [0.15, 0.2) is 53.3 Å². The number of rotatable bonds is 6. The number of nitrogens with one attached hydrogen (secondary N) is 1. The molecule has 0 bridgehead atoms. The molecule has 0 aliphatic carbocycles. The number of hydrogen-bond donors (Lipinski definition) is 1. The molecule has 0 saturated heterocycles. The Kier molecular flexibility index (Phi) is 5.54. The Morgan fingerprint density at radius 3 is 2.41 bits per heavy atom. The van der Waals surface area contributed by atoms with Crippen molar-refractivity contribution in [1.82, 2.24) is 15.1 Å². The fraction of sp³-hybridized carbons (Fsp3) is 0.286. The lowest BCUT2D eigenvalue weighted by molar-refractivity contribution is 0.0934. The van der Waals surface area contributed by atoms with E-state index in [0.29, 0.717) is 28.8 Å². The second-order valence-corrected chi connectivity index (χ2v) is 6.32. The van der Waals surface area contributed by atoms with Gasteiger partial charge in [-0.15, -0.1) is 0 Å². The van der Waals surface area contributed by atoms with Gasteiger partial charge in [0.1, 0.15) is 5.75 Å². The summed E-state index contributed by atoms with van der Waals surface area (Å²) >= 11 is 0. The Morgan fingerprint density at radius 1 is 1.11 bits per heavy atom. The van der Waals surface area contributed by atoms with Crippen molar-refractivity contribution in [2.24, 2.45) is 0 Å². The minimum absolute atomic E-state index is 0.0175. The Balaban J connectivity index is 2.14. The summed E-state index contributed by atoms with van der Waals surface area (Å²) in [5.74, 6) is 0.421. The Labute approximate surface area is 157 Å². The van der Waals surface area contributed by atoms with Crippen LogP contribution in [0.25, 0.3) is 16.5 Å². The molecule has 0 aliphatic rings. The number of carbonyl (C=O) groups is 1. The van der Waals surface area contributed by atoms with Gasteiger partial charge in [0.25, 0.3) is 11.5 Å². The normalized spacial score (nSPS) is 12.0. The van der Waals surface area contributed by atoms with Crippen molar-refractivity contribution >= 4 is 16.7 Å². The van der Waals surface area contributed by atoms with E-state index in [1.165, 1.54) is 4.68 Å². The molecule has 1 atom stereocenters. The maximum Gasteiger partial charge on any atom is 0.279 e. The quantitative estimate of drug-likeness (QED) is 0.727. The summed E-state index contributed by atoms with van der Waals surface area (Å²) in [6, 6.07) is 14.1. The molecule has 140 valence electrons. The van der Waals surface area contributed by atoms with Crippen LogP contribution in [0.5, 0.6) is 5.75 Å². The molecule has 1 heterocycles. The van der Waals surface area contributed by atoms with Gasteiger partial charge in [-0.2, -0.15) is 9.78 Å². The number of nitrogens with zero attached hydrogens (tertiary/aromatic N) is 2. The minimum Gasteiger partial charge on any atom is -0.494 e. The van der Waals surface area contributed by atoms with E-state index >= 15 is 0 Å². The smallest absolute Gasteiger partial charge is 0.279 e. The molecule has 3 rings (SSSR count). The highest BCUT2D eigenvalue weighted by atomic mass is 16.5. The molecule has 6 nitrogen and oxygen atoms in total. The molecule has 0 radical (unpaired) electrons. The first-order valence-corrected chi connectivity index (χ1v) is 9.11. The lowest BCUT2D eigenvalue weighted by Gasteiger charge is -2.14. The van der Waals surface area contributed by atoms with Crippen molar-refractivity contribution in [1.29, 1.82) is 0 Å². The van der Waals surface area contributed by atoms with E-state index in [0.717, 1.165) is 6.42 Å². The van der Waals surface area contributed by atoms with E-state index in [4.69, 9.17) is 4.74 Å². The van der Waals surface area contributed by atoms with Gasteiger partial charge in [-0.05, 0) is 50.6 Å². The van der Waals surface area contributed by atoms with Gasteiger partial charge < -0.3 is 10.1 Å². The molecule has 1 aromatic heterocycles. The number of hydrogen-bond acceptors (Lipinski definition) is 4. The zero-order chi connectivity index (χ0) is 19.4. The third-order valence-electron chi connectivity index (χ3n) is 4.40. The van der Waals surface area contributed by atoms with Crippen LogP contribution < -0.4 is 15.6 Å². The predicted molar refractivity (Wildman–Crippen MR) is 106 cm³/mol. The van der Waals surface area contributed by atoms with Gasteiger partial charge in [0.05, 0.1) is 17.7 Å². The second-order valence-electron chi connectivity index (χ2n) is 6.32. The molecule has 0 unspecified atom stereocenters. The maximum absolute atomic E-state index is 12.9. The van der Waals surface area contributed by atoms with Crippen LogP contribution in [0.3, 0.4) is 0 Å². The van der Waals surface area contributed by atoms with Crippen LogP contribution in [0.1, 0.15) is 37.7 Å². The third kappa shape index (κ3) is 3.84. The van der Waals surface area contributed by atoms with Gasteiger partial charge in [-0.3, -0.25) is 9.59 Å². The maximum atomic E-state index is 12.9. The number of aromatic nitrogens is 2. The number of fused-ring (bicyclic) bond motifs is 1. The van der Waals surface area contributed by atoms with Crippen LogP contribution in [0, 0.1) is 0 Å². The lowest BCUT2D eigenvalue weighted by atomic mass is 10.1. The highest BCUT2D eigenvalue weighted by Crippen LogP contribution is 2.17. The van der Waals surface area contributed by atoms with Crippen molar-refractivity contribution in [2.45, 2.75) is 33.2 Å². The average molecular weight is 365 g/mol. The van der Waals surface area contributed by atoms with Crippen LogP contribution >= 0.6 is 0 Å². The largest absolute Gasteiger partial charge is 0.494 e. The molecule has 0 fully saturated rings. The van der Waals surface area contributed by atoms with Gasteiger partial charge in [0.15, 0.2) is 5.69 Å². The van der Waals surface area contributed by atoms with Crippen molar-refractivity contribution in [3.8, 4) is 11.4 Å². The summed E-state index contributed by atoms with van der Waals surface area (Å²) < 4.78 is 6.71. The SMILES string of the molecule is CCOc1ccc(-n2nc(C(=O)N[C@@H](C)CC)c3ccccc3c2=O)cc1. The minimum atomic E-state index is -0.291. The van der Waals surface area contributed by atoms with Crippen molar-refractivity contribution in [2.75, 3.05) is 6.61 Å². The van der Waals surface area contributed by atoms with Crippen molar-refractivity contribution in [3.63, 3.8) is 0 Å². The molecule has 1 amide bonds. The van der Waals surface area contributed by atoms with Crippen LogP contribution in [-0.2, 0) is 0 Å². The number of ether oxygens (including phenoxy) is 1. The lowest BCUT2D eigenvalue weighted by Crippen LogP contribution is -2.34. The third-order valence-corrected chi connectivity index (χ3v) is 4.40. The summed E-state index contributed by atoms with van der Waals surface area (Å²) in [5, 5.41) is 8.31. The molecule has 6 heteroatoms. The van der Waals surface area contributed by atoms with Gasteiger partial charge in [-0.1, -0.05) is 25.1 Å². The molecule has 3 aromatic rings. The second kappa shape index (κ2) is 8.03. The van der Waals surface area contributed by atoms with E-state index in [9.17, 15) is 9.59 Å². The van der Waals surface area contributed by atoms with E-state index in [1.54, 1.807) is 48.5 Å². The van der Waals surface area contributed by atoms with Crippen LogP contribution in [0.2, 0.25) is 0 Å². The average Bonchev–Trinajstić information content (AvgIpc) is 2.69. The van der Waals surface area contributed by atoms with Crippen LogP contribution in [-0.4, -0.2) is 28.3 Å². The first kappa shape index (κ1) is 18.6. The molecule has 2 aromatic carbocycles. The summed E-state index contributed by atoms with van der Waals surface area (Å²) in [5.41, 5.74) is 0.543. The predicted octanol–water partition coefficient (Wildman–Crippen LogP) is 3.31. The van der Waals surface area contributed by atoms with Crippen LogP contribution in [0.4, 0.5) is 0 Å². The van der Waals surface area contributed by atoms with E-state index in [2.05, 4.69) is 10.4 Å². The zero-order valence-electron chi connectivity index (χ0n) is 15.7. The van der Waals surface area contributed by atoms with E-state index in [1.807, 2.05) is 20.8 Å². The summed E-state index contributed by atoms with van der Waals surface area (Å²) in [7, 11) is 0. The van der Waals surface area contributed by atoms with Crippen molar-refractivity contribution < 1.29 is 9.53 Å². The highest BCUT2D eigenvalue weighted by molar-refractivity contribution is 6.04. The first-order chi connectivity index (χ1) is 13.0. The molecule has 0 aliphatic heterocycles. The van der Waals surface area contributed by atoms with Gasteiger partial charge in [-0.25, -0.2) is 0 Å². The Bertz CT molecular complexity index is 1010. The summed E-state index contributed by atoms with van der Waals surface area (Å²) in [6.07, 6.45) is 0.808. The molecular formula is C21H23N3O3. The topological polar surface area (TPSA) is 73.2 Å². The Morgan fingerprint density at radius 2 is 1.78 bits per heavy atom. The first-order valence-electron chi connectivity index (χ1n) is 9.11. The Hall–Kier alpha value is -3.15. The molecule has 1 N–H and O–H groups in total. The van der Waals surface area contributed by atoms with Crippen molar-refractivity contribution in [3.05, 3.63) is 64.6 Å². The van der Waals surface area contributed by atoms with E-state index in [-0.39, 0.29) is 23.2 Å². The van der Waals surface area contributed by atoms with Gasteiger partial charge >= 0.3 is 0 Å². The number of carbonyl (C=O) groups excluding carboxylic acids is 1. The monoisotopic (exact) mass is 365 g/mol. The van der Waals surface area contributed by atoms with Gasteiger partial charge in [0.2, 0.25) is 0 Å². The number of benzene rings is 2. The standard InChI is InChI=1S/C21H23N3O3/c1-4-14(3)22-20(25)19-17-8-6-7-9-18(17)21(26)24(23-19)15-10-12-16(13-11-15)27-5-2/h6-14H,4-5H2,1-3H3,(H,22,25)/t14-/m0/s1. The molecule has 0 saturated carbocycles. The zero-order valence-corrected chi connectivity index (χ0v) is 15.7. The molecular weight excluding hydrogens is 342 g/mol. The van der Waals surface area contributed by atoms with E-state index < -0.39 is 0 Å². The highest BCUT2D eigenvalue weighted by Gasteiger charge is 2.18. The summed E-state index contributed by atoms with van der Waals surface area (Å²) in [6.45, 7) is 6.40. The molecule has 27 heavy (non-hydrogen) atoms. The van der Waals surface area contributed by atoms with Gasteiger partial charge in [0, 0.05) is 11.4 Å².